The fraction of sp³-hybridized carbons (Fsp3) is 0.933. The second-order valence-electron chi connectivity index (χ2n) is 6.05. The number of carboxylic acids is 1. The Balaban J connectivity index is 2.12. The zero-order chi connectivity index (χ0) is 13.4. The van der Waals surface area contributed by atoms with Gasteiger partial charge in [-0.1, -0.05) is 58.3 Å². The highest BCUT2D eigenvalue weighted by Crippen LogP contribution is 2.29. The van der Waals surface area contributed by atoms with Crippen LogP contribution in [0.1, 0.15) is 64.7 Å². The summed E-state index contributed by atoms with van der Waals surface area (Å²) in [4.78, 5) is 10.9. The maximum atomic E-state index is 10.9. The fourth-order valence-electron chi connectivity index (χ4n) is 3.13. The molecule has 0 aromatic rings. The van der Waals surface area contributed by atoms with Crippen molar-refractivity contribution in [2.24, 2.45) is 23.5 Å². The number of hydrogen-bond donors (Lipinski definition) is 2. The largest absolute Gasteiger partial charge is 0.481 e. The van der Waals surface area contributed by atoms with Gasteiger partial charge in [-0.2, -0.15) is 0 Å². The highest BCUT2D eigenvalue weighted by atomic mass is 16.4. The van der Waals surface area contributed by atoms with Gasteiger partial charge in [0.2, 0.25) is 0 Å². The van der Waals surface area contributed by atoms with Crippen LogP contribution in [0.15, 0.2) is 0 Å². The molecule has 2 atom stereocenters. The first-order valence-electron chi connectivity index (χ1n) is 7.56. The van der Waals surface area contributed by atoms with Crippen molar-refractivity contribution in [3.8, 4) is 0 Å². The van der Waals surface area contributed by atoms with Gasteiger partial charge in [-0.25, -0.2) is 0 Å². The molecule has 0 aromatic heterocycles. The summed E-state index contributed by atoms with van der Waals surface area (Å²) in [6, 6.07) is 0. The summed E-state index contributed by atoms with van der Waals surface area (Å²) < 4.78 is 0. The maximum absolute atomic E-state index is 10.9. The maximum Gasteiger partial charge on any atom is 0.307 e. The van der Waals surface area contributed by atoms with Gasteiger partial charge in [-0.05, 0) is 18.3 Å². The predicted molar refractivity (Wildman–Crippen MR) is 74.4 cm³/mol. The van der Waals surface area contributed by atoms with E-state index in [9.17, 15) is 4.79 Å². The van der Waals surface area contributed by atoms with Crippen molar-refractivity contribution in [1.29, 1.82) is 0 Å². The summed E-state index contributed by atoms with van der Waals surface area (Å²) in [5, 5.41) is 8.97. The third kappa shape index (κ3) is 5.85. The molecule has 3 N–H and O–H groups in total. The van der Waals surface area contributed by atoms with Gasteiger partial charge >= 0.3 is 5.97 Å². The molecule has 0 saturated heterocycles. The van der Waals surface area contributed by atoms with Gasteiger partial charge in [0.15, 0.2) is 0 Å². The Morgan fingerprint density at radius 3 is 2.56 bits per heavy atom. The summed E-state index contributed by atoms with van der Waals surface area (Å²) in [5.74, 6) is 0.334. The van der Waals surface area contributed by atoms with Crippen LogP contribution in [-0.2, 0) is 4.79 Å². The van der Waals surface area contributed by atoms with Crippen LogP contribution >= 0.6 is 0 Å². The summed E-state index contributed by atoms with van der Waals surface area (Å²) in [6.07, 6.45) is 11.5. The standard InChI is InChI=1S/C15H29NO2/c1-12(10-14(11-16)15(17)18)6-5-9-13-7-3-2-4-8-13/h12-14H,2-11,16H2,1H3,(H,17,18). The van der Waals surface area contributed by atoms with Crippen molar-refractivity contribution in [3.63, 3.8) is 0 Å². The molecule has 1 rings (SSSR count). The highest BCUT2D eigenvalue weighted by molar-refractivity contribution is 5.70. The fourth-order valence-corrected chi connectivity index (χ4v) is 3.13. The van der Waals surface area contributed by atoms with E-state index < -0.39 is 5.97 Å². The minimum Gasteiger partial charge on any atom is -0.481 e. The molecule has 1 aliphatic carbocycles. The molecule has 3 heteroatoms. The molecule has 0 aromatic carbocycles. The van der Waals surface area contributed by atoms with Gasteiger partial charge < -0.3 is 10.8 Å². The SMILES string of the molecule is CC(CCCC1CCCCC1)CC(CN)C(=O)O. The lowest BCUT2D eigenvalue weighted by molar-refractivity contribution is -0.141. The predicted octanol–water partition coefficient (Wildman–Crippen LogP) is 3.42. The Kier molecular flexibility index (Phi) is 7.33. The van der Waals surface area contributed by atoms with Crippen LogP contribution in [0, 0.1) is 17.8 Å². The van der Waals surface area contributed by atoms with E-state index >= 15 is 0 Å². The van der Waals surface area contributed by atoms with Gasteiger partial charge in [-0.3, -0.25) is 4.79 Å². The lowest BCUT2D eigenvalue weighted by Gasteiger charge is -2.22. The minimum atomic E-state index is -0.739. The van der Waals surface area contributed by atoms with Crippen LogP contribution < -0.4 is 5.73 Å². The first-order chi connectivity index (χ1) is 8.63. The van der Waals surface area contributed by atoms with Crippen molar-refractivity contribution in [2.45, 2.75) is 64.7 Å². The monoisotopic (exact) mass is 255 g/mol. The van der Waals surface area contributed by atoms with E-state index in [4.69, 9.17) is 10.8 Å². The Morgan fingerprint density at radius 2 is 2.00 bits per heavy atom. The van der Waals surface area contributed by atoms with Gasteiger partial charge in [-0.15, -0.1) is 0 Å². The molecule has 106 valence electrons. The molecule has 0 heterocycles. The lowest BCUT2D eigenvalue weighted by Crippen LogP contribution is -2.25. The molecular formula is C15H29NO2. The first-order valence-corrected chi connectivity index (χ1v) is 7.56. The molecule has 0 spiro atoms. The molecule has 0 amide bonds. The molecule has 1 aliphatic rings. The zero-order valence-electron chi connectivity index (χ0n) is 11.7. The molecule has 2 unspecified atom stereocenters. The molecule has 1 fully saturated rings. The molecule has 1 saturated carbocycles. The molecular weight excluding hydrogens is 226 g/mol. The quantitative estimate of drug-likeness (QED) is 0.698. The number of nitrogens with two attached hydrogens (primary N) is 1. The van der Waals surface area contributed by atoms with Crippen molar-refractivity contribution < 1.29 is 9.90 Å². The Bertz CT molecular complexity index is 237. The van der Waals surface area contributed by atoms with Crippen LogP contribution in [0.3, 0.4) is 0 Å². The highest BCUT2D eigenvalue weighted by Gasteiger charge is 2.19. The normalized spacial score (nSPS) is 20.6. The van der Waals surface area contributed by atoms with Crippen molar-refractivity contribution in [3.05, 3.63) is 0 Å². The van der Waals surface area contributed by atoms with E-state index in [-0.39, 0.29) is 12.5 Å². The Morgan fingerprint density at radius 1 is 1.33 bits per heavy atom. The number of hydrogen-bond acceptors (Lipinski definition) is 2. The third-order valence-electron chi connectivity index (χ3n) is 4.35. The summed E-state index contributed by atoms with van der Waals surface area (Å²) >= 11 is 0. The second-order valence-corrected chi connectivity index (χ2v) is 6.05. The van der Waals surface area contributed by atoms with Gasteiger partial charge in [0.25, 0.3) is 0 Å². The van der Waals surface area contributed by atoms with Gasteiger partial charge in [0.1, 0.15) is 0 Å². The van der Waals surface area contributed by atoms with Crippen molar-refractivity contribution >= 4 is 5.97 Å². The second kappa shape index (κ2) is 8.52. The summed E-state index contributed by atoms with van der Waals surface area (Å²) in [7, 11) is 0. The van der Waals surface area contributed by atoms with Crippen LogP contribution in [0.5, 0.6) is 0 Å². The smallest absolute Gasteiger partial charge is 0.307 e. The van der Waals surface area contributed by atoms with Crippen LogP contribution in [0.2, 0.25) is 0 Å². The number of rotatable bonds is 8. The number of carboxylic acid groups (broad SMARTS) is 1. The van der Waals surface area contributed by atoms with Crippen molar-refractivity contribution in [2.75, 3.05) is 6.54 Å². The van der Waals surface area contributed by atoms with E-state index in [0.29, 0.717) is 5.92 Å². The van der Waals surface area contributed by atoms with Gasteiger partial charge in [0.05, 0.1) is 5.92 Å². The first kappa shape index (κ1) is 15.5. The van der Waals surface area contributed by atoms with E-state index in [1.54, 1.807) is 0 Å². The molecule has 0 radical (unpaired) electrons. The average Bonchev–Trinajstić information content (AvgIpc) is 2.37. The third-order valence-corrected chi connectivity index (χ3v) is 4.35. The zero-order valence-corrected chi connectivity index (χ0v) is 11.7. The van der Waals surface area contributed by atoms with Crippen LogP contribution in [0.4, 0.5) is 0 Å². The van der Waals surface area contributed by atoms with Crippen LogP contribution in [0.25, 0.3) is 0 Å². The molecule has 18 heavy (non-hydrogen) atoms. The van der Waals surface area contributed by atoms with E-state index in [1.165, 1.54) is 44.9 Å². The van der Waals surface area contributed by atoms with E-state index in [1.807, 2.05) is 0 Å². The van der Waals surface area contributed by atoms with E-state index in [2.05, 4.69) is 6.92 Å². The number of carbonyl (C=O) groups is 1. The Hall–Kier alpha value is -0.570. The Labute approximate surface area is 111 Å². The van der Waals surface area contributed by atoms with Crippen molar-refractivity contribution in [1.82, 2.24) is 0 Å². The van der Waals surface area contributed by atoms with Crippen LogP contribution in [-0.4, -0.2) is 17.6 Å². The summed E-state index contributed by atoms with van der Waals surface area (Å²) in [5.41, 5.74) is 5.49. The van der Waals surface area contributed by atoms with E-state index in [0.717, 1.165) is 18.8 Å². The number of aliphatic carboxylic acids is 1. The molecule has 0 aliphatic heterocycles. The van der Waals surface area contributed by atoms with Gasteiger partial charge in [0, 0.05) is 6.54 Å². The summed E-state index contributed by atoms with van der Waals surface area (Å²) in [6.45, 7) is 2.43. The lowest BCUT2D eigenvalue weighted by atomic mass is 9.84. The topological polar surface area (TPSA) is 63.3 Å². The molecule has 3 nitrogen and oxygen atoms in total. The molecule has 0 bridgehead atoms. The average molecular weight is 255 g/mol. The minimum absolute atomic E-state index is 0.266.